The van der Waals surface area contributed by atoms with Gasteiger partial charge in [-0.05, 0) is 20.3 Å². The zero-order chi connectivity index (χ0) is 11.0. The molecule has 5 nitrogen and oxygen atoms in total. The largest absolute Gasteiger partial charge is 0.466 e. The number of hydrogen-bond acceptors (Lipinski definition) is 5. The van der Waals surface area contributed by atoms with Crippen molar-refractivity contribution in [2.75, 3.05) is 13.2 Å². The fourth-order valence-electron chi connectivity index (χ4n) is 0.738. The van der Waals surface area contributed by atoms with E-state index in [4.69, 9.17) is 5.11 Å². The molecule has 1 unspecified atom stereocenters. The number of carbonyl (C=O) groups is 2. The second-order valence-corrected chi connectivity index (χ2v) is 2.75. The van der Waals surface area contributed by atoms with Crippen LogP contribution in [0.2, 0.25) is 0 Å². The summed E-state index contributed by atoms with van der Waals surface area (Å²) in [5.74, 6) is -0.609. The zero-order valence-corrected chi connectivity index (χ0v) is 8.49. The van der Waals surface area contributed by atoms with Crippen LogP contribution in [0.25, 0.3) is 0 Å². The standard InChI is InChI=1S/C5H10O3.C4H6O2/c1-3-8-5(7)4(2)6;5-4-2-1-3-6-4/h4,6H,3H2,1-2H3;1-3H2. The van der Waals surface area contributed by atoms with E-state index in [9.17, 15) is 9.59 Å². The minimum Gasteiger partial charge on any atom is -0.466 e. The van der Waals surface area contributed by atoms with E-state index in [-0.39, 0.29) is 5.97 Å². The van der Waals surface area contributed by atoms with Gasteiger partial charge in [0, 0.05) is 6.42 Å². The van der Waals surface area contributed by atoms with Crippen LogP contribution in [-0.2, 0) is 19.1 Å². The SMILES string of the molecule is CCOC(=O)C(C)O.O=C1CCCO1. The number of esters is 2. The molecule has 0 saturated carbocycles. The van der Waals surface area contributed by atoms with Crippen molar-refractivity contribution in [3.8, 4) is 0 Å². The molecule has 1 N–H and O–H groups in total. The Morgan fingerprint density at radius 1 is 1.71 bits per heavy atom. The second kappa shape index (κ2) is 7.32. The molecule has 0 aromatic heterocycles. The Hall–Kier alpha value is -1.10. The molecule has 1 aliphatic rings. The Labute approximate surface area is 83.0 Å². The molecule has 1 fully saturated rings. The highest BCUT2D eigenvalue weighted by Gasteiger charge is 2.08. The van der Waals surface area contributed by atoms with E-state index >= 15 is 0 Å². The fourth-order valence-corrected chi connectivity index (χ4v) is 0.738. The Kier molecular flexibility index (Phi) is 6.74. The van der Waals surface area contributed by atoms with Crippen LogP contribution < -0.4 is 0 Å². The molecule has 1 heterocycles. The molecule has 0 bridgehead atoms. The van der Waals surface area contributed by atoms with Crippen LogP contribution in [0.5, 0.6) is 0 Å². The van der Waals surface area contributed by atoms with Gasteiger partial charge in [-0.25, -0.2) is 4.79 Å². The van der Waals surface area contributed by atoms with Gasteiger partial charge in [0.05, 0.1) is 13.2 Å². The van der Waals surface area contributed by atoms with Gasteiger partial charge in [-0.1, -0.05) is 0 Å². The Balaban J connectivity index is 0.000000249. The molecule has 0 radical (unpaired) electrons. The number of rotatable bonds is 2. The summed E-state index contributed by atoms with van der Waals surface area (Å²) in [6.07, 6.45) is 0.550. The summed E-state index contributed by atoms with van der Waals surface area (Å²) < 4.78 is 8.93. The topological polar surface area (TPSA) is 72.8 Å². The summed E-state index contributed by atoms with van der Waals surface area (Å²) in [5.41, 5.74) is 0. The van der Waals surface area contributed by atoms with E-state index < -0.39 is 12.1 Å². The molecule has 0 aromatic carbocycles. The molecule has 14 heavy (non-hydrogen) atoms. The molecule has 1 rings (SSSR count). The first-order valence-corrected chi connectivity index (χ1v) is 4.58. The molecule has 5 heteroatoms. The molecular weight excluding hydrogens is 188 g/mol. The van der Waals surface area contributed by atoms with E-state index in [1.54, 1.807) is 6.92 Å². The van der Waals surface area contributed by atoms with Gasteiger partial charge in [-0.15, -0.1) is 0 Å². The van der Waals surface area contributed by atoms with E-state index in [0.717, 1.165) is 6.42 Å². The fraction of sp³-hybridized carbons (Fsp3) is 0.778. The smallest absolute Gasteiger partial charge is 0.334 e. The van der Waals surface area contributed by atoms with Crippen LogP contribution in [0.1, 0.15) is 26.7 Å². The molecule has 1 atom stereocenters. The van der Waals surface area contributed by atoms with Crippen LogP contribution in [0.4, 0.5) is 0 Å². The molecule has 1 saturated heterocycles. The maximum atomic E-state index is 10.3. The lowest BCUT2D eigenvalue weighted by Crippen LogP contribution is -2.18. The average Bonchev–Trinajstić information content (AvgIpc) is 2.57. The first-order valence-electron chi connectivity index (χ1n) is 4.58. The highest BCUT2D eigenvalue weighted by molar-refractivity contribution is 5.73. The van der Waals surface area contributed by atoms with Crippen molar-refractivity contribution < 1.29 is 24.2 Å². The first kappa shape index (κ1) is 12.9. The van der Waals surface area contributed by atoms with Crippen molar-refractivity contribution in [3.63, 3.8) is 0 Å². The zero-order valence-electron chi connectivity index (χ0n) is 8.49. The Bertz CT molecular complexity index is 180. The van der Waals surface area contributed by atoms with Crippen LogP contribution in [0.15, 0.2) is 0 Å². The Morgan fingerprint density at radius 3 is 2.50 bits per heavy atom. The van der Waals surface area contributed by atoms with Gasteiger partial charge in [0.2, 0.25) is 0 Å². The lowest BCUT2D eigenvalue weighted by Gasteiger charge is -2.01. The molecular formula is C9H16O5. The normalized spacial score (nSPS) is 16.4. The van der Waals surface area contributed by atoms with Crippen LogP contribution in [0.3, 0.4) is 0 Å². The van der Waals surface area contributed by atoms with Gasteiger partial charge in [0.1, 0.15) is 6.10 Å². The van der Waals surface area contributed by atoms with E-state index in [0.29, 0.717) is 19.6 Å². The summed E-state index contributed by atoms with van der Waals surface area (Å²) in [7, 11) is 0. The molecule has 0 aliphatic carbocycles. The number of hydrogen-bond donors (Lipinski definition) is 1. The number of ether oxygens (including phenoxy) is 2. The summed E-state index contributed by atoms with van der Waals surface area (Å²) >= 11 is 0. The van der Waals surface area contributed by atoms with Gasteiger partial charge in [0.25, 0.3) is 0 Å². The monoisotopic (exact) mass is 204 g/mol. The Morgan fingerprint density at radius 2 is 2.36 bits per heavy atom. The summed E-state index contributed by atoms with van der Waals surface area (Å²) in [6.45, 7) is 4.03. The van der Waals surface area contributed by atoms with Gasteiger partial charge >= 0.3 is 11.9 Å². The first-order chi connectivity index (χ1) is 6.57. The van der Waals surface area contributed by atoms with Gasteiger partial charge in [-0.2, -0.15) is 0 Å². The highest BCUT2D eigenvalue weighted by atomic mass is 16.5. The number of aliphatic hydroxyl groups is 1. The van der Waals surface area contributed by atoms with Crippen molar-refractivity contribution in [2.24, 2.45) is 0 Å². The lowest BCUT2D eigenvalue weighted by atomic mass is 10.4. The predicted octanol–water partition coefficient (Wildman–Crippen LogP) is 0.254. The van der Waals surface area contributed by atoms with Crippen molar-refractivity contribution >= 4 is 11.9 Å². The average molecular weight is 204 g/mol. The molecule has 0 aromatic rings. The predicted molar refractivity (Wildman–Crippen MR) is 48.5 cm³/mol. The molecule has 1 aliphatic heterocycles. The third kappa shape index (κ3) is 6.42. The maximum absolute atomic E-state index is 10.3. The molecule has 0 amide bonds. The number of aliphatic hydroxyl groups excluding tert-OH is 1. The van der Waals surface area contributed by atoms with E-state index in [2.05, 4.69) is 9.47 Å². The third-order valence-electron chi connectivity index (χ3n) is 1.42. The summed E-state index contributed by atoms with van der Waals surface area (Å²) in [6, 6.07) is 0. The van der Waals surface area contributed by atoms with Gasteiger partial charge in [0.15, 0.2) is 0 Å². The maximum Gasteiger partial charge on any atom is 0.334 e. The van der Waals surface area contributed by atoms with Gasteiger partial charge in [-0.3, -0.25) is 4.79 Å². The quantitative estimate of drug-likeness (QED) is 0.653. The van der Waals surface area contributed by atoms with Crippen LogP contribution >= 0.6 is 0 Å². The van der Waals surface area contributed by atoms with Crippen LogP contribution in [0, 0.1) is 0 Å². The minimum absolute atomic E-state index is 0.0463. The molecule has 82 valence electrons. The van der Waals surface area contributed by atoms with Crippen molar-refractivity contribution in [2.45, 2.75) is 32.8 Å². The van der Waals surface area contributed by atoms with Crippen molar-refractivity contribution in [1.29, 1.82) is 0 Å². The number of carbonyl (C=O) groups excluding carboxylic acids is 2. The van der Waals surface area contributed by atoms with Crippen molar-refractivity contribution in [1.82, 2.24) is 0 Å². The van der Waals surface area contributed by atoms with Crippen LogP contribution in [-0.4, -0.2) is 36.4 Å². The number of cyclic esters (lactones) is 1. The second-order valence-electron chi connectivity index (χ2n) is 2.75. The third-order valence-corrected chi connectivity index (χ3v) is 1.42. The highest BCUT2D eigenvalue weighted by Crippen LogP contribution is 2.01. The molecule has 0 spiro atoms. The van der Waals surface area contributed by atoms with E-state index in [1.165, 1.54) is 6.92 Å². The summed E-state index contributed by atoms with van der Waals surface area (Å²) in [5, 5.41) is 8.48. The summed E-state index contributed by atoms with van der Waals surface area (Å²) in [4.78, 5) is 20.3. The minimum atomic E-state index is -0.991. The van der Waals surface area contributed by atoms with Crippen molar-refractivity contribution in [3.05, 3.63) is 0 Å². The van der Waals surface area contributed by atoms with E-state index in [1.807, 2.05) is 0 Å². The lowest BCUT2D eigenvalue weighted by molar-refractivity contribution is -0.151. The van der Waals surface area contributed by atoms with Gasteiger partial charge < -0.3 is 14.6 Å².